The second-order valence-electron chi connectivity index (χ2n) is 3.12. The fourth-order valence-corrected chi connectivity index (χ4v) is 0.971. The van der Waals surface area contributed by atoms with E-state index in [9.17, 15) is 0 Å². The van der Waals surface area contributed by atoms with Crippen LogP contribution in [0.2, 0.25) is 0 Å². The van der Waals surface area contributed by atoms with Gasteiger partial charge in [-0.3, -0.25) is 0 Å². The third-order valence-electron chi connectivity index (χ3n) is 1.84. The largest absolute Gasteiger partial charge is 0.198 e. The van der Waals surface area contributed by atoms with Crippen LogP contribution in [0.15, 0.2) is 0 Å². The summed E-state index contributed by atoms with van der Waals surface area (Å²) in [7, 11) is 0. The quantitative estimate of drug-likeness (QED) is 0.587. The summed E-state index contributed by atoms with van der Waals surface area (Å²) in [6.07, 6.45) is 3.46. The number of nitriles is 1. The third-order valence-corrected chi connectivity index (χ3v) is 1.84. The van der Waals surface area contributed by atoms with Crippen LogP contribution >= 0.6 is 0 Å². The Morgan fingerprint density at radius 3 is 2.30 bits per heavy atom. The molecule has 0 saturated carbocycles. The first-order valence-corrected chi connectivity index (χ1v) is 4.12. The van der Waals surface area contributed by atoms with Crippen molar-refractivity contribution in [1.29, 1.82) is 5.26 Å². The topological polar surface area (TPSA) is 23.8 Å². The molecular formula is C9H17N. The molecule has 58 valence electrons. The summed E-state index contributed by atoms with van der Waals surface area (Å²) in [4.78, 5) is 0. The number of unbranched alkanes of at least 4 members (excludes halogenated alkanes) is 1. The fraction of sp³-hybridized carbons (Fsp3) is 0.889. The first-order valence-electron chi connectivity index (χ1n) is 4.12. The zero-order valence-electron chi connectivity index (χ0n) is 7.22. The Bertz CT molecular complexity index is 110. The van der Waals surface area contributed by atoms with E-state index in [1.165, 1.54) is 12.8 Å². The molecule has 0 aromatic carbocycles. The highest BCUT2D eigenvalue weighted by molar-refractivity contribution is 4.84. The molecule has 0 aromatic rings. The molecule has 0 spiro atoms. The van der Waals surface area contributed by atoms with Crippen LogP contribution in [0.5, 0.6) is 0 Å². The first-order chi connectivity index (χ1) is 4.72. The molecule has 0 aliphatic carbocycles. The van der Waals surface area contributed by atoms with Gasteiger partial charge in [0.15, 0.2) is 0 Å². The van der Waals surface area contributed by atoms with Crippen molar-refractivity contribution >= 4 is 0 Å². The zero-order chi connectivity index (χ0) is 7.98. The molecule has 1 unspecified atom stereocenters. The van der Waals surface area contributed by atoms with Crippen molar-refractivity contribution in [1.82, 2.24) is 0 Å². The van der Waals surface area contributed by atoms with Crippen molar-refractivity contribution in [2.24, 2.45) is 11.8 Å². The summed E-state index contributed by atoms with van der Waals surface area (Å²) in [6.45, 7) is 6.39. The van der Waals surface area contributed by atoms with Crippen molar-refractivity contribution in [3.8, 4) is 6.07 Å². The summed E-state index contributed by atoms with van der Waals surface area (Å²) in [5.41, 5.74) is 0. The lowest BCUT2D eigenvalue weighted by Crippen LogP contribution is -2.05. The minimum absolute atomic E-state index is 0.278. The molecule has 0 aliphatic rings. The highest BCUT2D eigenvalue weighted by atomic mass is 14.3. The Balaban J connectivity index is 3.53. The lowest BCUT2D eigenvalue weighted by Gasteiger charge is -2.10. The second-order valence-corrected chi connectivity index (χ2v) is 3.12. The van der Waals surface area contributed by atoms with Gasteiger partial charge in [0.25, 0.3) is 0 Å². The molecule has 1 nitrogen and oxygen atoms in total. The molecule has 0 N–H and O–H groups in total. The molecule has 0 radical (unpaired) electrons. The standard InChI is InChI=1S/C9H17N/c1-4-5-6-9(7-10)8(2)3/h8-9H,4-6H2,1-3H3. The van der Waals surface area contributed by atoms with Gasteiger partial charge in [0.05, 0.1) is 6.07 Å². The molecule has 0 saturated heterocycles. The van der Waals surface area contributed by atoms with Crippen molar-refractivity contribution in [3.05, 3.63) is 0 Å². The molecule has 0 aliphatic heterocycles. The smallest absolute Gasteiger partial charge is 0.0658 e. The molecule has 0 rings (SSSR count). The highest BCUT2D eigenvalue weighted by Gasteiger charge is 2.10. The lowest BCUT2D eigenvalue weighted by atomic mass is 9.92. The van der Waals surface area contributed by atoms with Crippen LogP contribution in [0.4, 0.5) is 0 Å². The third kappa shape index (κ3) is 3.50. The Morgan fingerprint density at radius 1 is 1.40 bits per heavy atom. The van der Waals surface area contributed by atoms with E-state index >= 15 is 0 Å². The van der Waals surface area contributed by atoms with Gasteiger partial charge in [-0.15, -0.1) is 0 Å². The van der Waals surface area contributed by atoms with Gasteiger partial charge in [0, 0.05) is 5.92 Å². The molecule has 10 heavy (non-hydrogen) atoms. The summed E-state index contributed by atoms with van der Waals surface area (Å²) in [5.74, 6) is 0.802. The normalized spacial score (nSPS) is 13.1. The average Bonchev–Trinajstić information content (AvgIpc) is 1.89. The van der Waals surface area contributed by atoms with Crippen LogP contribution in [0, 0.1) is 23.2 Å². The van der Waals surface area contributed by atoms with Crippen LogP contribution in [0.3, 0.4) is 0 Å². The Labute approximate surface area is 64.1 Å². The number of hydrogen-bond acceptors (Lipinski definition) is 1. The molecular weight excluding hydrogens is 122 g/mol. The van der Waals surface area contributed by atoms with E-state index in [2.05, 4.69) is 26.8 Å². The second kappa shape index (κ2) is 5.29. The van der Waals surface area contributed by atoms with E-state index in [0.29, 0.717) is 5.92 Å². The maximum atomic E-state index is 8.67. The van der Waals surface area contributed by atoms with Gasteiger partial charge >= 0.3 is 0 Å². The van der Waals surface area contributed by atoms with E-state index in [1.54, 1.807) is 0 Å². The molecule has 1 atom stereocenters. The fourth-order valence-electron chi connectivity index (χ4n) is 0.971. The molecule has 0 fully saturated rings. The van der Waals surface area contributed by atoms with E-state index in [1.807, 2.05) is 0 Å². The SMILES string of the molecule is CCCCC(C#N)C(C)C. The molecule has 0 aromatic heterocycles. The molecule has 0 heterocycles. The van der Waals surface area contributed by atoms with Crippen molar-refractivity contribution in [2.75, 3.05) is 0 Å². The maximum Gasteiger partial charge on any atom is 0.0658 e. The van der Waals surface area contributed by atoms with Crippen LogP contribution in [-0.4, -0.2) is 0 Å². The number of nitrogens with zero attached hydrogens (tertiary/aromatic N) is 1. The van der Waals surface area contributed by atoms with Gasteiger partial charge < -0.3 is 0 Å². The summed E-state index contributed by atoms with van der Waals surface area (Å²) in [5, 5.41) is 8.67. The van der Waals surface area contributed by atoms with Crippen LogP contribution in [0.1, 0.15) is 40.0 Å². The maximum absolute atomic E-state index is 8.67. The Kier molecular flexibility index (Phi) is 5.02. The van der Waals surface area contributed by atoms with E-state index in [-0.39, 0.29) is 5.92 Å². The van der Waals surface area contributed by atoms with Crippen LogP contribution in [-0.2, 0) is 0 Å². The monoisotopic (exact) mass is 139 g/mol. The van der Waals surface area contributed by atoms with Gasteiger partial charge in [0.1, 0.15) is 0 Å². The predicted molar refractivity (Wildman–Crippen MR) is 43.5 cm³/mol. The minimum Gasteiger partial charge on any atom is -0.198 e. The van der Waals surface area contributed by atoms with Gasteiger partial charge in [-0.1, -0.05) is 33.6 Å². The van der Waals surface area contributed by atoms with Crippen molar-refractivity contribution in [2.45, 2.75) is 40.0 Å². The average molecular weight is 139 g/mol. The van der Waals surface area contributed by atoms with Gasteiger partial charge in [-0.05, 0) is 12.3 Å². The van der Waals surface area contributed by atoms with Crippen molar-refractivity contribution < 1.29 is 0 Å². The van der Waals surface area contributed by atoms with Crippen LogP contribution < -0.4 is 0 Å². The number of rotatable bonds is 4. The first kappa shape index (κ1) is 9.49. The van der Waals surface area contributed by atoms with Gasteiger partial charge in [0.2, 0.25) is 0 Å². The molecule has 0 amide bonds. The summed E-state index contributed by atoms with van der Waals surface area (Å²) in [6, 6.07) is 2.34. The van der Waals surface area contributed by atoms with Crippen molar-refractivity contribution in [3.63, 3.8) is 0 Å². The lowest BCUT2D eigenvalue weighted by molar-refractivity contribution is 0.432. The predicted octanol–water partition coefficient (Wildman–Crippen LogP) is 2.97. The van der Waals surface area contributed by atoms with Gasteiger partial charge in [-0.25, -0.2) is 0 Å². The Morgan fingerprint density at radius 2 is 2.00 bits per heavy atom. The van der Waals surface area contributed by atoms with Crippen LogP contribution in [0.25, 0.3) is 0 Å². The minimum atomic E-state index is 0.278. The summed E-state index contributed by atoms with van der Waals surface area (Å²) < 4.78 is 0. The van der Waals surface area contributed by atoms with E-state index in [4.69, 9.17) is 5.26 Å². The molecule has 1 heteroatoms. The number of hydrogen-bond donors (Lipinski definition) is 0. The zero-order valence-corrected chi connectivity index (χ0v) is 7.22. The van der Waals surface area contributed by atoms with E-state index in [0.717, 1.165) is 6.42 Å². The molecule has 0 bridgehead atoms. The van der Waals surface area contributed by atoms with Gasteiger partial charge in [-0.2, -0.15) is 5.26 Å². The highest BCUT2D eigenvalue weighted by Crippen LogP contribution is 2.16. The Hall–Kier alpha value is -0.510. The summed E-state index contributed by atoms with van der Waals surface area (Å²) >= 11 is 0. The van der Waals surface area contributed by atoms with E-state index < -0.39 is 0 Å².